The zero-order valence-electron chi connectivity index (χ0n) is 26.0. The molecule has 1 spiro atoms. The first-order valence-electron chi connectivity index (χ1n) is 16.3. The molecule has 1 aliphatic carbocycles. The molecule has 2 nitrogen and oxygen atoms in total. The molecule has 0 amide bonds. The molecule has 2 aliphatic rings. The van der Waals surface area contributed by atoms with Crippen LogP contribution in [0, 0.1) is 0 Å². The van der Waals surface area contributed by atoms with Gasteiger partial charge in [-0.05, 0) is 74.5 Å². The van der Waals surface area contributed by atoms with Gasteiger partial charge < -0.3 is 0 Å². The molecule has 48 heavy (non-hydrogen) atoms. The molecule has 0 fully saturated rings. The molecule has 3 heteroatoms. The Morgan fingerprint density at radius 2 is 0.958 bits per heavy atom. The van der Waals surface area contributed by atoms with Crippen molar-refractivity contribution in [3.63, 3.8) is 0 Å². The third-order valence-corrected chi connectivity index (χ3v) is 11.1. The summed E-state index contributed by atoms with van der Waals surface area (Å²) in [4.78, 5) is 13.1. The minimum absolute atomic E-state index is 0.446. The van der Waals surface area contributed by atoms with Gasteiger partial charge in [-0.2, -0.15) is 0 Å². The molecule has 1 aliphatic heterocycles. The lowest BCUT2D eigenvalue weighted by Gasteiger charge is -2.39. The first-order chi connectivity index (χ1) is 23.8. The van der Waals surface area contributed by atoms with Crippen molar-refractivity contribution >= 4 is 22.5 Å². The molecule has 224 valence electrons. The molecule has 0 saturated heterocycles. The van der Waals surface area contributed by atoms with Gasteiger partial charge in [0.1, 0.15) is 0 Å². The Bertz CT molecular complexity index is 2510. The Kier molecular flexibility index (Phi) is 6.06. The van der Waals surface area contributed by atoms with Gasteiger partial charge in [0.25, 0.3) is 0 Å². The van der Waals surface area contributed by atoms with E-state index in [1.807, 2.05) is 17.8 Å². The molecule has 0 unspecified atom stereocenters. The van der Waals surface area contributed by atoms with Gasteiger partial charge in [-0.15, -0.1) is 0 Å². The van der Waals surface area contributed by atoms with E-state index >= 15 is 0 Å². The highest BCUT2D eigenvalue weighted by atomic mass is 32.2. The van der Waals surface area contributed by atoms with Gasteiger partial charge in [0.2, 0.25) is 0 Å². The van der Waals surface area contributed by atoms with Crippen molar-refractivity contribution in [2.24, 2.45) is 0 Å². The highest BCUT2D eigenvalue weighted by Crippen LogP contribution is 2.62. The predicted octanol–water partition coefficient (Wildman–Crippen LogP) is 11.5. The second kappa shape index (κ2) is 10.6. The molecule has 0 bridgehead atoms. The Balaban J connectivity index is 1.23. The lowest BCUT2D eigenvalue weighted by molar-refractivity contribution is 0.722. The largest absolute Gasteiger partial charge is 0.228 e. The molecule has 10 rings (SSSR count). The summed E-state index contributed by atoms with van der Waals surface area (Å²) in [5.74, 6) is 0.723. The molecule has 0 saturated carbocycles. The molecule has 8 aromatic rings. The minimum atomic E-state index is -0.446. The molecular weight excluding hydrogens is 601 g/mol. The summed E-state index contributed by atoms with van der Waals surface area (Å²) in [7, 11) is 0. The van der Waals surface area contributed by atoms with Crippen LogP contribution in [0.5, 0.6) is 0 Å². The number of aromatic nitrogens is 2. The lowest BCUT2D eigenvalue weighted by Crippen LogP contribution is -2.32. The first-order valence-corrected chi connectivity index (χ1v) is 17.1. The van der Waals surface area contributed by atoms with E-state index in [2.05, 4.69) is 164 Å². The molecular formula is C45H28N2S. The number of hydrogen-bond acceptors (Lipinski definition) is 3. The Hall–Kier alpha value is -5.77. The van der Waals surface area contributed by atoms with E-state index in [9.17, 15) is 0 Å². The minimum Gasteiger partial charge on any atom is -0.228 e. The zero-order valence-corrected chi connectivity index (χ0v) is 26.8. The standard InChI is InChI=1S/C45H28N2S/c1-2-13-30(14-3-1)40-28-41(32-23-22-29-12-4-5-15-31(29)26-32)47-44(46-40)33-24-25-43-39(27-33)45(38-20-10-11-21-42(38)48-43)36-18-8-6-16-34(36)35-17-7-9-19-37(35)45/h1-28H. The van der Waals surface area contributed by atoms with Gasteiger partial charge in [0, 0.05) is 26.5 Å². The summed E-state index contributed by atoms with van der Waals surface area (Å²) in [5.41, 5.74) is 12.4. The monoisotopic (exact) mass is 628 g/mol. The Morgan fingerprint density at radius 3 is 1.73 bits per heavy atom. The van der Waals surface area contributed by atoms with Gasteiger partial charge in [-0.3, -0.25) is 0 Å². The second-order valence-electron chi connectivity index (χ2n) is 12.5. The fourth-order valence-corrected chi connectivity index (χ4v) is 9.00. The Labute approximate surface area is 283 Å². The number of rotatable bonds is 3. The highest BCUT2D eigenvalue weighted by molar-refractivity contribution is 7.99. The van der Waals surface area contributed by atoms with Crippen molar-refractivity contribution < 1.29 is 0 Å². The summed E-state index contributed by atoms with van der Waals surface area (Å²) < 4.78 is 0. The summed E-state index contributed by atoms with van der Waals surface area (Å²) in [6.45, 7) is 0. The van der Waals surface area contributed by atoms with Gasteiger partial charge in [0.05, 0.1) is 16.8 Å². The number of hydrogen-bond donors (Lipinski definition) is 0. The van der Waals surface area contributed by atoms with E-state index < -0.39 is 5.41 Å². The van der Waals surface area contributed by atoms with Gasteiger partial charge in [0.15, 0.2) is 5.82 Å². The van der Waals surface area contributed by atoms with Crippen molar-refractivity contribution in [1.82, 2.24) is 9.97 Å². The quantitative estimate of drug-likeness (QED) is 0.195. The van der Waals surface area contributed by atoms with E-state index in [0.717, 1.165) is 33.9 Å². The van der Waals surface area contributed by atoms with Crippen LogP contribution >= 0.6 is 11.8 Å². The molecule has 0 radical (unpaired) electrons. The summed E-state index contributed by atoms with van der Waals surface area (Å²) in [5, 5.41) is 2.41. The lowest BCUT2D eigenvalue weighted by atomic mass is 9.67. The van der Waals surface area contributed by atoms with Gasteiger partial charge in [-0.25, -0.2) is 9.97 Å². The van der Waals surface area contributed by atoms with Gasteiger partial charge >= 0.3 is 0 Å². The fraction of sp³-hybridized carbons (Fsp3) is 0.0222. The van der Waals surface area contributed by atoms with E-state index in [4.69, 9.17) is 9.97 Å². The van der Waals surface area contributed by atoms with Crippen LogP contribution in [0.25, 0.3) is 55.8 Å². The maximum atomic E-state index is 5.29. The van der Waals surface area contributed by atoms with Gasteiger partial charge in [-0.1, -0.05) is 151 Å². The maximum absolute atomic E-state index is 5.29. The Morgan fingerprint density at radius 1 is 0.375 bits per heavy atom. The average molecular weight is 629 g/mol. The van der Waals surface area contributed by atoms with Crippen molar-refractivity contribution in [3.05, 3.63) is 192 Å². The van der Waals surface area contributed by atoms with Crippen molar-refractivity contribution in [2.45, 2.75) is 15.2 Å². The topological polar surface area (TPSA) is 25.8 Å². The van der Waals surface area contributed by atoms with Crippen LogP contribution in [0.15, 0.2) is 180 Å². The van der Waals surface area contributed by atoms with E-state index in [1.54, 1.807) is 0 Å². The van der Waals surface area contributed by atoms with Crippen LogP contribution in [0.3, 0.4) is 0 Å². The van der Waals surface area contributed by atoms with Crippen LogP contribution < -0.4 is 0 Å². The van der Waals surface area contributed by atoms with Crippen LogP contribution in [0.1, 0.15) is 22.3 Å². The highest BCUT2D eigenvalue weighted by Gasteiger charge is 2.50. The molecule has 0 atom stereocenters. The molecule has 0 N–H and O–H groups in total. The number of fused-ring (bicyclic) bond motifs is 10. The molecule has 7 aromatic carbocycles. The van der Waals surface area contributed by atoms with Crippen molar-refractivity contribution in [1.29, 1.82) is 0 Å². The zero-order chi connectivity index (χ0) is 31.7. The van der Waals surface area contributed by atoms with E-state index in [1.165, 1.54) is 53.9 Å². The summed E-state index contributed by atoms with van der Waals surface area (Å²) >= 11 is 1.86. The predicted molar refractivity (Wildman–Crippen MR) is 197 cm³/mol. The van der Waals surface area contributed by atoms with E-state index in [0.29, 0.717) is 0 Å². The molecule has 1 aromatic heterocycles. The smallest absolute Gasteiger partial charge is 0.160 e. The second-order valence-corrected chi connectivity index (χ2v) is 13.6. The SMILES string of the molecule is c1ccc(-c2cc(-c3ccc4ccccc4c3)nc(-c3ccc4c(c3)C3(c5ccccc5S4)c4ccccc4-c4ccccc43)n2)cc1. The van der Waals surface area contributed by atoms with Crippen LogP contribution in [-0.2, 0) is 5.41 Å². The number of benzene rings is 7. The third kappa shape index (κ3) is 4.01. The average Bonchev–Trinajstić information content (AvgIpc) is 3.45. The number of nitrogens with zero attached hydrogens (tertiary/aromatic N) is 2. The maximum Gasteiger partial charge on any atom is 0.160 e. The van der Waals surface area contributed by atoms with Crippen molar-refractivity contribution in [3.8, 4) is 45.0 Å². The van der Waals surface area contributed by atoms with Crippen LogP contribution in [0.4, 0.5) is 0 Å². The van der Waals surface area contributed by atoms with Crippen molar-refractivity contribution in [2.75, 3.05) is 0 Å². The third-order valence-electron chi connectivity index (χ3n) is 9.95. The normalized spacial score (nSPS) is 13.5. The van der Waals surface area contributed by atoms with Crippen LogP contribution in [0.2, 0.25) is 0 Å². The first kappa shape index (κ1) is 27.4. The van der Waals surface area contributed by atoms with E-state index in [-0.39, 0.29) is 0 Å². The summed E-state index contributed by atoms with van der Waals surface area (Å²) in [6, 6.07) is 61.3. The van der Waals surface area contributed by atoms with Crippen LogP contribution in [-0.4, -0.2) is 9.97 Å². The molecule has 2 heterocycles. The fourth-order valence-electron chi connectivity index (χ4n) is 7.83. The summed E-state index contributed by atoms with van der Waals surface area (Å²) in [6.07, 6.45) is 0.